The van der Waals surface area contributed by atoms with E-state index in [0.717, 1.165) is 17.7 Å². The number of carbonyl (C=O) groups is 1. The van der Waals surface area contributed by atoms with E-state index in [9.17, 15) is 4.79 Å². The third-order valence-electron chi connectivity index (χ3n) is 4.27. The van der Waals surface area contributed by atoms with Crippen molar-refractivity contribution in [3.8, 4) is 10.7 Å². The van der Waals surface area contributed by atoms with E-state index in [2.05, 4.69) is 27.6 Å². The van der Waals surface area contributed by atoms with Crippen molar-refractivity contribution in [3.63, 3.8) is 0 Å². The molecule has 0 saturated carbocycles. The van der Waals surface area contributed by atoms with Crippen LogP contribution in [0.2, 0.25) is 0 Å². The van der Waals surface area contributed by atoms with Crippen LogP contribution in [-0.2, 0) is 17.8 Å². The number of nitrogens with zero attached hydrogens (tertiary/aromatic N) is 2. The number of amides is 1. The summed E-state index contributed by atoms with van der Waals surface area (Å²) in [7, 11) is 0. The van der Waals surface area contributed by atoms with Crippen LogP contribution in [0.4, 0.5) is 0 Å². The van der Waals surface area contributed by atoms with Crippen molar-refractivity contribution in [3.05, 3.63) is 57.7 Å². The Morgan fingerprint density at radius 3 is 3.08 bits per heavy atom. The maximum Gasteiger partial charge on any atom is 0.240 e. The lowest BCUT2D eigenvalue weighted by Gasteiger charge is -2.14. The monoisotopic (exact) mass is 356 g/mol. The molecule has 5 nitrogen and oxygen atoms in total. The SMILES string of the molecule is O=C(Cn1c(-c2cccs2)n[nH]c1=S)NC1CCc2ccccc21. The summed E-state index contributed by atoms with van der Waals surface area (Å²) in [5.74, 6) is 0.656. The first kappa shape index (κ1) is 15.3. The molecule has 122 valence electrons. The molecule has 0 radical (unpaired) electrons. The van der Waals surface area contributed by atoms with Crippen molar-refractivity contribution in [2.75, 3.05) is 0 Å². The molecule has 1 unspecified atom stereocenters. The van der Waals surface area contributed by atoms with Gasteiger partial charge >= 0.3 is 0 Å². The van der Waals surface area contributed by atoms with E-state index in [1.807, 2.05) is 29.6 Å². The van der Waals surface area contributed by atoms with Crippen LogP contribution in [0.3, 0.4) is 0 Å². The Labute approximate surface area is 148 Å². The quantitative estimate of drug-likeness (QED) is 0.704. The van der Waals surface area contributed by atoms with Crippen LogP contribution in [-0.4, -0.2) is 20.7 Å². The smallest absolute Gasteiger partial charge is 0.240 e. The summed E-state index contributed by atoms with van der Waals surface area (Å²) < 4.78 is 2.21. The van der Waals surface area contributed by atoms with E-state index < -0.39 is 0 Å². The summed E-state index contributed by atoms with van der Waals surface area (Å²) >= 11 is 6.85. The third-order valence-corrected chi connectivity index (χ3v) is 5.45. The van der Waals surface area contributed by atoms with Crippen molar-refractivity contribution in [2.45, 2.75) is 25.4 Å². The van der Waals surface area contributed by atoms with Gasteiger partial charge in [0.2, 0.25) is 5.91 Å². The highest BCUT2D eigenvalue weighted by Gasteiger charge is 2.24. The Balaban J connectivity index is 1.52. The number of hydrogen-bond acceptors (Lipinski definition) is 4. The first-order valence-electron chi connectivity index (χ1n) is 7.78. The predicted molar refractivity (Wildman–Crippen MR) is 96.4 cm³/mol. The van der Waals surface area contributed by atoms with E-state index in [0.29, 0.717) is 10.6 Å². The van der Waals surface area contributed by atoms with Crippen molar-refractivity contribution in [2.24, 2.45) is 0 Å². The van der Waals surface area contributed by atoms with Crippen LogP contribution in [0.1, 0.15) is 23.6 Å². The van der Waals surface area contributed by atoms with Gasteiger partial charge in [-0.2, -0.15) is 5.10 Å². The van der Waals surface area contributed by atoms with E-state index >= 15 is 0 Å². The fourth-order valence-corrected chi connectivity index (χ4v) is 4.07. The number of aromatic amines is 1. The van der Waals surface area contributed by atoms with Crippen LogP contribution in [0.25, 0.3) is 10.7 Å². The van der Waals surface area contributed by atoms with Gasteiger partial charge in [-0.25, -0.2) is 0 Å². The molecule has 1 atom stereocenters. The minimum Gasteiger partial charge on any atom is -0.348 e. The van der Waals surface area contributed by atoms with Crippen molar-refractivity contribution in [1.82, 2.24) is 20.1 Å². The van der Waals surface area contributed by atoms with Crippen molar-refractivity contribution in [1.29, 1.82) is 0 Å². The number of thiophene rings is 1. The number of nitrogens with one attached hydrogen (secondary N) is 2. The molecule has 1 aliphatic rings. The lowest BCUT2D eigenvalue weighted by Crippen LogP contribution is -2.30. The van der Waals surface area contributed by atoms with Gasteiger partial charge in [-0.05, 0) is 47.6 Å². The first-order valence-corrected chi connectivity index (χ1v) is 9.07. The summed E-state index contributed by atoms with van der Waals surface area (Å²) in [5.41, 5.74) is 2.54. The maximum absolute atomic E-state index is 12.5. The fourth-order valence-electron chi connectivity index (χ4n) is 3.15. The molecular weight excluding hydrogens is 340 g/mol. The van der Waals surface area contributed by atoms with Crippen molar-refractivity contribution < 1.29 is 4.79 Å². The van der Waals surface area contributed by atoms with E-state index in [1.165, 1.54) is 11.1 Å². The van der Waals surface area contributed by atoms with Crippen LogP contribution >= 0.6 is 23.6 Å². The van der Waals surface area contributed by atoms with Gasteiger partial charge in [-0.15, -0.1) is 11.3 Å². The zero-order chi connectivity index (χ0) is 16.5. The molecule has 0 fully saturated rings. The van der Waals surface area contributed by atoms with Crippen molar-refractivity contribution >= 4 is 29.5 Å². The number of aryl methyl sites for hydroxylation is 1. The Morgan fingerprint density at radius 1 is 1.38 bits per heavy atom. The largest absolute Gasteiger partial charge is 0.348 e. The molecule has 1 amide bonds. The highest BCUT2D eigenvalue weighted by Crippen LogP contribution is 2.30. The number of aromatic nitrogens is 3. The van der Waals surface area contributed by atoms with E-state index in [4.69, 9.17) is 12.2 Å². The number of hydrogen-bond donors (Lipinski definition) is 2. The zero-order valence-electron chi connectivity index (χ0n) is 12.9. The molecule has 0 saturated heterocycles. The van der Waals surface area contributed by atoms with Crippen LogP contribution in [0.15, 0.2) is 41.8 Å². The van der Waals surface area contributed by atoms with Gasteiger partial charge < -0.3 is 5.32 Å². The zero-order valence-corrected chi connectivity index (χ0v) is 14.5. The van der Waals surface area contributed by atoms with Gasteiger partial charge in [0.25, 0.3) is 0 Å². The topological polar surface area (TPSA) is 62.7 Å². The lowest BCUT2D eigenvalue weighted by atomic mass is 10.1. The number of H-pyrrole nitrogens is 1. The molecule has 0 bridgehead atoms. The molecule has 4 rings (SSSR count). The highest BCUT2D eigenvalue weighted by molar-refractivity contribution is 7.71. The molecule has 2 N–H and O–H groups in total. The second kappa shape index (κ2) is 6.33. The minimum atomic E-state index is -0.0491. The first-order chi connectivity index (χ1) is 11.7. The minimum absolute atomic E-state index is 0.0491. The van der Waals surface area contributed by atoms with Crippen LogP contribution < -0.4 is 5.32 Å². The molecule has 3 aromatic rings. The molecule has 7 heteroatoms. The summed E-state index contributed by atoms with van der Waals surface area (Å²) in [4.78, 5) is 13.5. The average Bonchev–Trinajstić information content (AvgIpc) is 3.30. The van der Waals surface area contributed by atoms with E-state index in [-0.39, 0.29) is 18.5 Å². The number of benzene rings is 1. The summed E-state index contributed by atoms with van der Waals surface area (Å²) in [5, 5.41) is 12.1. The fraction of sp³-hybridized carbons (Fsp3) is 0.235. The Hall–Kier alpha value is -2.25. The maximum atomic E-state index is 12.5. The van der Waals surface area contributed by atoms with Gasteiger partial charge in [0.15, 0.2) is 10.6 Å². The second-order valence-electron chi connectivity index (χ2n) is 5.77. The Morgan fingerprint density at radius 2 is 2.25 bits per heavy atom. The summed E-state index contributed by atoms with van der Waals surface area (Å²) in [6.45, 7) is 0.168. The van der Waals surface area contributed by atoms with Gasteiger partial charge in [0.1, 0.15) is 6.54 Å². The average molecular weight is 356 g/mol. The molecule has 1 aliphatic carbocycles. The number of fused-ring (bicyclic) bond motifs is 1. The Bertz CT molecular complexity index is 926. The molecule has 2 aromatic heterocycles. The van der Waals surface area contributed by atoms with Crippen LogP contribution in [0, 0.1) is 4.77 Å². The molecule has 0 aliphatic heterocycles. The summed E-state index contributed by atoms with van der Waals surface area (Å²) in [6.07, 6.45) is 1.95. The molecule has 2 heterocycles. The normalized spacial score (nSPS) is 16.1. The highest BCUT2D eigenvalue weighted by atomic mass is 32.1. The number of carbonyl (C=O) groups excluding carboxylic acids is 1. The number of rotatable bonds is 4. The van der Waals surface area contributed by atoms with Gasteiger partial charge in [-0.1, -0.05) is 30.3 Å². The van der Waals surface area contributed by atoms with Gasteiger partial charge in [-0.3, -0.25) is 14.5 Å². The van der Waals surface area contributed by atoms with Gasteiger partial charge in [0.05, 0.1) is 10.9 Å². The Kier molecular flexibility index (Phi) is 4.03. The predicted octanol–water partition coefficient (Wildman–Crippen LogP) is 3.47. The van der Waals surface area contributed by atoms with E-state index in [1.54, 1.807) is 15.9 Å². The van der Waals surface area contributed by atoms with Gasteiger partial charge in [0, 0.05) is 0 Å². The standard InChI is InChI=1S/C17H16N4OS2/c22-15(18-13-8-7-11-4-1-2-5-12(11)13)10-21-16(19-20-17(21)23)14-6-3-9-24-14/h1-6,9,13H,7-8,10H2,(H,18,22)(H,20,23). The second-order valence-corrected chi connectivity index (χ2v) is 7.11. The summed E-state index contributed by atoms with van der Waals surface area (Å²) in [6, 6.07) is 12.3. The van der Waals surface area contributed by atoms with Crippen LogP contribution in [0.5, 0.6) is 0 Å². The molecule has 24 heavy (non-hydrogen) atoms. The molecule has 0 spiro atoms. The third kappa shape index (κ3) is 2.81. The molecular formula is C17H16N4OS2. The lowest BCUT2D eigenvalue weighted by molar-refractivity contribution is -0.122. The molecule has 1 aromatic carbocycles.